The fourth-order valence-electron chi connectivity index (χ4n) is 6.77. The van der Waals surface area contributed by atoms with E-state index in [9.17, 15) is 9.59 Å². The molecule has 0 spiro atoms. The quantitative estimate of drug-likeness (QED) is 0.716. The predicted molar refractivity (Wildman–Crippen MR) is 122 cm³/mol. The number of carbonyl (C=O) groups excluding carboxylic acids is 2. The van der Waals surface area contributed by atoms with E-state index < -0.39 is 0 Å². The van der Waals surface area contributed by atoms with Crippen molar-refractivity contribution >= 4 is 23.2 Å². The van der Waals surface area contributed by atoms with Crippen molar-refractivity contribution in [3.05, 3.63) is 51.5 Å². The lowest BCUT2D eigenvalue weighted by Crippen LogP contribution is -2.62. The molecule has 2 amide bonds. The summed E-state index contributed by atoms with van der Waals surface area (Å²) in [5.74, 6) is 0.257. The van der Waals surface area contributed by atoms with Crippen molar-refractivity contribution in [2.24, 2.45) is 5.41 Å². The van der Waals surface area contributed by atoms with Crippen LogP contribution in [0, 0.1) is 19.3 Å². The van der Waals surface area contributed by atoms with Gasteiger partial charge >= 0.3 is 0 Å². The van der Waals surface area contributed by atoms with Gasteiger partial charge in [-0.2, -0.15) is 0 Å². The topological polar surface area (TPSA) is 53.5 Å². The molecule has 0 unspecified atom stereocenters. The summed E-state index contributed by atoms with van der Waals surface area (Å²) >= 11 is 1.50. The third kappa shape index (κ3) is 3.13. The highest BCUT2D eigenvalue weighted by Crippen LogP contribution is 2.57. The van der Waals surface area contributed by atoms with Crippen LogP contribution in [-0.4, -0.2) is 50.8 Å². The zero-order valence-corrected chi connectivity index (χ0v) is 19.6. The first kappa shape index (κ1) is 20.7. The molecule has 5 atom stereocenters. The van der Waals surface area contributed by atoms with Crippen LogP contribution in [0.4, 0.5) is 0 Å². The number of rotatable bonds is 3. The Labute approximate surface area is 188 Å². The second-order valence-corrected chi connectivity index (χ2v) is 11.0. The zero-order chi connectivity index (χ0) is 21.9. The Hall–Kier alpha value is -2.21. The third-order valence-corrected chi connectivity index (χ3v) is 9.00. The molecular formula is C25H31N3O2S. The smallest absolute Gasteiger partial charge is 0.266 e. The molecule has 1 aromatic carbocycles. The number of aryl methyl sites for hydroxylation is 2. The van der Waals surface area contributed by atoms with Crippen LogP contribution in [0.25, 0.3) is 0 Å². The number of hydrogen-bond acceptors (Lipinski definition) is 4. The number of benzene rings is 1. The molecule has 0 radical (unpaired) electrons. The molecule has 31 heavy (non-hydrogen) atoms. The van der Waals surface area contributed by atoms with Crippen molar-refractivity contribution in [2.75, 3.05) is 0 Å². The van der Waals surface area contributed by atoms with Crippen LogP contribution in [0.3, 0.4) is 0 Å². The van der Waals surface area contributed by atoms with Crippen LogP contribution in [0.1, 0.15) is 65.5 Å². The number of likely N-dealkylation sites (tertiary alicyclic amines) is 2. The molecule has 3 heterocycles. The Kier molecular flexibility index (Phi) is 4.96. The molecule has 2 saturated heterocycles. The first-order valence-electron chi connectivity index (χ1n) is 11.4. The maximum absolute atomic E-state index is 13.9. The molecule has 0 N–H and O–H groups in total. The summed E-state index contributed by atoms with van der Waals surface area (Å²) in [7, 11) is 0. The largest absolute Gasteiger partial charge is 0.334 e. The van der Waals surface area contributed by atoms with Crippen molar-refractivity contribution in [1.82, 2.24) is 14.8 Å². The van der Waals surface area contributed by atoms with Crippen molar-refractivity contribution < 1.29 is 9.59 Å². The molecule has 2 aliphatic heterocycles. The molecule has 6 heteroatoms. The molecule has 5 nitrogen and oxygen atoms in total. The van der Waals surface area contributed by atoms with Crippen LogP contribution in [-0.2, 0) is 11.2 Å². The van der Waals surface area contributed by atoms with E-state index in [0.717, 1.165) is 47.7 Å². The van der Waals surface area contributed by atoms with Gasteiger partial charge in [0.15, 0.2) is 0 Å². The lowest BCUT2D eigenvalue weighted by Gasteiger charge is -2.52. The number of thiazole rings is 1. The number of amides is 2. The number of fused-ring (bicyclic) bond motifs is 1. The molecular weight excluding hydrogens is 406 g/mol. The van der Waals surface area contributed by atoms with E-state index in [1.807, 2.05) is 19.9 Å². The van der Waals surface area contributed by atoms with Crippen molar-refractivity contribution in [2.45, 2.75) is 84.0 Å². The standard InChI is InChI=1S/C25H31N3O2S/c1-15-23(31-16(2)26-15)24(30)28-20-14-25(4)21(11-8-12-22(25)28)27(17(3)29)19(20)13-18-9-6-5-7-10-18/h5-7,9-10,19-22H,8,11-14H2,1-4H3/t19-,20-,21+,22-,25+/m0/s1. The minimum Gasteiger partial charge on any atom is -0.334 e. The fourth-order valence-corrected chi connectivity index (χ4v) is 7.64. The van der Waals surface area contributed by atoms with Crippen molar-refractivity contribution in [3.63, 3.8) is 0 Å². The Morgan fingerprint density at radius 1 is 1.13 bits per heavy atom. The highest BCUT2D eigenvalue weighted by atomic mass is 32.1. The van der Waals surface area contributed by atoms with E-state index in [-0.39, 0.29) is 41.4 Å². The lowest BCUT2D eigenvalue weighted by atomic mass is 9.64. The molecule has 164 valence electrons. The Morgan fingerprint density at radius 3 is 2.42 bits per heavy atom. The number of aromatic nitrogens is 1. The third-order valence-electron chi connectivity index (χ3n) is 7.94. The molecule has 2 bridgehead atoms. The molecule has 3 fully saturated rings. The highest BCUT2D eigenvalue weighted by molar-refractivity contribution is 7.13. The molecule has 1 aliphatic carbocycles. The summed E-state index contributed by atoms with van der Waals surface area (Å²) in [5, 5.41) is 0.932. The predicted octanol–water partition coefficient (Wildman–Crippen LogP) is 4.38. The number of piperidine rings is 1. The van der Waals surface area contributed by atoms with E-state index >= 15 is 0 Å². The van der Waals surface area contributed by atoms with Gasteiger partial charge < -0.3 is 9.80 Å². The van der Waals surface area contributed by atoms with Crippen LogP contribution < -0.4 is 0 Å². The zero-order valence-electron chi connectivity index (χ0n) is 18.8. The van der Waals surface area contributed by atoms with Gasteiger partial charge in [0.2, 0.25) is 5.91 Å². The van der Waals surface area contributed by atoms with Gasteiger partial charge in [-0.25, -0.2) is 4.98 Å². The summed E-state index contributed by atoms with van der Waals surface area (Å²) < 4.78 is 0. The maximum atomic E-state index is 13.9. The van der Waals surface area contributed by atoms with E-state index in [2.05, 4.69) is 46.0 Å². The van der Waals surface area contributed by atoms with Gasteiger partial charge in [-0.3, -0.25) is 9.59 Å². The van der Waals surface area contributed by atoms with Crippen LogP contribution in [0.2, 0.25) is 0 Å². The Bertz CT molecular complexity index is 1020. The maximum Gasteiger partial charge on any atom is 0.266 e. The molecule has 1 saturated carbocycles. The van der Waals surface area contributed by atoms with Gasteiger partial charge in [-0.15, -0.1) is 11.3 Å². The Balaban J connectivity index is 1.60. The van der Waals surface area contributed by atoms with E-state index in [4.69, 9.17) is 0 Å². The van der Waals surface area contributed by atoms with E-state index in [1.165, 1.54) is 16.9 Å². The second kappa shape index (κ2) is 7.44. The van der Waals surface area contributed by atoms with Gasteiger partial charge in [0.25, 0.3) is 5.91 Å². The molecule has 5 rings (SSSR count). The second-order valence-electron chi connectivity index (χ2n) is 9.78. The minimum absolute atomic E-state index is 0.0133. The van der Waals surface area contributed by atoms with Gasteiger partial charge in [0, 0.05) is 24.4 Å². The van der Waals surface area contributed by atoms with Gasteiger partial charge in [0.05, 0.1) is 22.8 Å². The first-order valence-corrected chi connectivity index (χ1v) is 12.2. The highest BCUT2D eigenvalue weighted by Gasteiger charge is 2.64. The molecule has 2 aromatic rings. The molecule has 3 aliphatic rings. The van der Waals surface area contributed by atoms with Crippen LogP contribution in [0.5, 0.6) is 0 Å². The van der Waals surface area contributed by atoms with Gasteiger partial charge in [-0.05, 0) is 51.5 Å². The summed E-state index contributed by atoms with van der Waals surface area (Å²) in [6, 6.07) is 10.9. The summed E-state index contributed by atoms with van der Waals surface area (Å²) in [6.07, 6.45) is 4.88. The average molecular weight is 438 g/mol. The summed E-state index contributed by atoms with van der Waals surface area (Å²) in [5.41, 5.74) is 2.01. The van der Waals surface area contributed by atoms with Crippen molar-refractivity contribution in [1.29, 1.82) is 0 Å². The van der Waals surface area contributed by atoms with Crippen molar-refractivity contribution in [3.8, 4) is 0 Å². The van der Waals surface area contributed by atoms with Gasteiger partial charge in [0.1, 0.15) is 4.88 Å². The number of nitrogens with zero attached hydrogens (tertiary/aromatic N) is 3. The van der Waals surface area contributed by atoms with Gasteiger partial charge in [-0.1, -0.05) is 37.3 Å². The SMILES string of the molecule is CC(=O)N1[C@@H](Cc2ccccc2)[C@@H]2C[C@@]3(C)[C@H](CCC[C@@H]13)N2C(=O)c1sc(C)nc1C. The van der Waals surface area contributed by atoms with E-state index in [1.54, 1.807) is 6.92 Å². The summed E-state index contributed by atoms with van der Waals surface area (Å²) in [4.78, 5) is 36.5. The van der Waals surface area contributed by atoms with Crippen LogP contribution >= 0.6 is 11.3 Å². The Morgan fingerprint density at radius 2 is 1.81 bits per heavy atom. The lowest BCUT2D eigenvalue weighted by molar-refractivity contribution is -0.142. The van der Waals surface area contributed by atoms with Crippen LogP contribution in [0.15, 0.2) is 30.3 Å². The molecule has 1 aromatic heterocycles. The summed E-state index contributed by atoms with van der Waals surface area (Å²) in [6.45, 7) is 7.93. The monoisotopic (exact) mass is 437 g/mol. The minimum atomic E-state index is -0.0366. The fraction of sp³-hybridized carbons (Fsp3) is 0.560. The number of hydrogen-bond donors (Lipinski definition) is 0. The normalized spacial score (nSPS) is 31.7. The average Bonchev–Trinajstić information content (AvgIpc) is 3.23. The van der Waals surface area contributed by atoms with E-state index in [0.29, 0.717) is 0 Å². The first-order chi connectivity index (χ1) is 14.8. The number of carbonyl (C=O) groups is 2.